The Hall–Kier alpha value is -0.930. The fraction of sp³-hybridized carbons (Fsp3) is 0.870. The highest BCUT2D eigenvalue weighted by molar-refractivity contribution is 8.76. The highest BCUT2D eigenvalue weighted by atomic mass is 33.1. The number of amides is 3. The lowest BCUT2D eigenvalue weighted by Crippen LogP contribution is -2.41. The average Bonchev–Trinajstić information content (AvgIpc) is 2.66. The van der Waals surface area contributed by atoms with Crippen LogP contribution in [0.1, 0.15) is 80.6 Å². The Kier molecular flexibility index (Phi) is 16.2. The number of nitrogens with one attached hydrogen (secondary N) is 3. The first-order valence-corrected chi connectivity index (χ1v) is 14.1. The van der Waals surface area contributed by atoms with Crippen molar-refractivity contribution in [1.29, 1.82) is 0 Å². The minimum atomic E-state index is -0.480. The van der Waals surface area contributed by atoms with E-state index in [2.05, 4.69) is 16.0 Å². The summed E-state index contributed by atoms with van der Waals surface area (Å²) in [6, 6.07) is 0.124. The highest BCUT2D eigenvalue weighted by Gasteiger charge is 2.29. The van der Waals surface area contributed by atoms with Crippen LogP contribution in [-0.4, -0.2) is 60.6 Å². The number of carbonyl (C=O) groups excluding carboxylic acids is 3. The normalized spacial score (nSPS) is 12.0. The van der Waals surface area contributed by atoms with Crippen molar-refractivity contribution in [3.8, 4) is 0 Å². The third-order valence-electron chi connectivity index (χ3n) is 4.80. The summed E-state index contributed by atoms with van der Waals surface area (Å²) in [4.78, 5) is 35.6. The van der Waals surface area contributed by atoms with Gasteiger partial charge in [-0.15, -0.1) is 0 Å². The van der Waals surface area contributed by atoms with Crippen molar-refractivity contribution in [1.82, 2.24) is 16.0 Å². The molecule has 0 aliphatic rings. The van der Waals surface area contributed by atoms with Crippen molar-refractivity contribution in [3.63, 3.8) is 0 Å². The van der Waals surface area contributed by atoms with Crippen molar-refractivity contribution in [2.75, 3.05) is 31.2 Å². The van der Waals surface area contributed by atoms with Crippen molar-refractivity contribution < 1.29 is 19.1 Å². The lowest BCUT2D eigenvalue weighted by atomic mass is 9.88. The van der Waals surface area contributed by atoms with Gasteiger partial charge in [-0.1, -0.05) is 35.4 Å². The van der Waals surface area contributed by atoms with E-state index in [4.69, 9.17) is 4.74 Å². The van der Waals surface area contributed by atoms with Crippen LogP contribution in [0.15, 0.2) is 0 Å². The summed E-state index contributed by atoms with van der Waals surface area (Å²) in [6.45, 7) is 15.4. The third kappa shape index (κ3) is 16.7. The van der Waals surface area contributed by atoms with Crippen LogP contribution < -0.4 is 16.0 Å². The molecule has 0 saturated heterocycles. The molecule has 0 aliphatic carbocycles. The summed E-state index contributed by atoms with van der Waals surface area (Å²) in [6.07, 6.45) is 3.24. The average molecular weight is 492 g/mol. The van der Waals surface area contributed by atoms with Gasteiger partial charge in [-0.3, -0.25) is 14.4 Å². The second-order valence-corrected chi connectivity index (χ2v) is 12.1. The van der Waals surface area contributed by atoms with Gasteiger partial charge in [0.1, 0.15) is 0 Å². The number of carbonyl (C=O) groups is 3. The predicted octanol–water partition coefficient (Wildman–Crippen LogP) is 3.92. The Morgan fingerprint density at radius 3 is 2.16 bits per heavy atom. The number of hydrogen-bond acceptors (Lipinski definition) is 6. The first-order valence-electron chi connectivity index (χ1n) is 11.6. The molecule has 7 nitrogen and oxygen atoms in total. The molecule has 188 valence electrons. The minimum Gasteiger partial charge on any atom is -0.375 e. The van der Waals surface area contributed by atoms with Crippen molar-refractivity contribution >= 4 is 39.3 Å². The van der Waals surface area contributed by atoms with Gasteiger partial charge in [0.05, 0.1) is 5.60 Å². The SMILES string of the molecule is CCNC(=O)CCCSSCCC(=O)NCCC(C)(C)OCCC(C)(C)C(=O)NC(C)C. The van der Waals surface area contributed by atoms with Gasteiger partial charge in [-0.2, -0.15) is 0 Å². The van der Waals surface area contributed by atoms with E-state index in [1.807, 2.05) is 48.5 Å². The first kappa shape index (κ1) is 31.1. The van der Waals surface area contributed by atoms with E-state index in [-0.39, 0.29) is 29.4 Å². The Morgan fingerprint density at radius 2 is 1.53 bits per heavy atom. The molecule has 0 radical (unpaired) electrons. The molecule has 0 aromatic heterocycles. The molecule has 9 heteroatoms. The van der Waals surface area contributed by atoms with Crippen LogP contribution in [0, 0.1) is 5.41 Å². The van der Waals surface area contributed by atoms with Crippen LogP contribution in [0.5, 0.6) is 0 Å². The third-order valence-corrected chi connectivity index (χ3v) is 7.30. The van der Waals surface area contributed by atoms with Gasteiger partial charge in [0.15, 0.2) is 0 Å². The van der Waals surface area contributed by atoms with E-state index in [1.165, 1.54) is 0 Å². The molecule has 0 saturated carbocycles. The Labute approximate surface area is 203 Å². The van der Waals surface area contributed by atoms with Crippen LogP contribution in [0.2, 0.25) is 0 Å². The molecule has 0 spiro atoms. The van der Waals surface area contributed by atoms with Crippen LogP contribution in [0.4, 0.5) is 0 Å². The summed E-state index contributed by atoms with van der Waals surface area (Å²) in [5.74, 6) is 1.85. The topological polar surface area (TPSA) is 96.5 Å². The molecule has 0 aliphatic heterocycles. The van der Waals surface area contributed by atoms with Gasteiger partial charge in [-0.05, 0) is 53.9 Å². The van der Waals surface area contributed by atoms with Gasteiger partial charge < -0.3 is 20.7 Å². The lowest BCUT2D eigenvalue weighted by molar-refractivity contribution is -0.132. The molecular weight excluding hydrogens is 446 g/mol. The first-order chi connectivity index (χ1) is 14.9. The Morgan fingerprint density at radius 1 is 0.906 bits per heavy atom. The van der Waals surface area contributed by atoms with Crippen LogP contribution in [0.25, 0.3) is 0 Å². The zero-order chi connectivity index (χ0) is 24.6. The minimum absolute atomic E-state index is 0.0409. The molecule has 3 N–H and O–H groups in total. The molecule has 0 aromatic rings. The summed E-state index contributed by atoms with van der Waals surface area (Å²) in [5.41, 5.74) is -0.848. The van der Waals surface area contributed by atoms with E-state index in [0.29, 0.717) is 45.4 Å². The fourth-order valence-electron chi connectivity index (χ4n) is 2.65. The molecule has 0 rings (SSSR count). The molecule has 0 unspecified atom stereocenters. The Bertz CT molecular complexity index is 569. The summed E-state index contributed by atoms with van der Waals surface area (Å²) < 4.78 is 6.00. The largest absolute Gasteiger partial charge is 0.375 e. The molecule has 0 bridgehead atoms. The van der Waals surface area contributed by atoms with Crippen molar-refractivity contribution in [2.45, 2.75) is 92.2 Å². The number of rotatable bonds is 18. The van der Waals surface area contributed by atoms with Crippen LogP contribution >= 0.6 is 21.6 Å². The predicted molar refractivity (Wildman–Crippen MR) is 137 cm³/mol. The van der Waals surface area contributed by atoms with Gasteiger partial charge >= 0.3 is 0 Å². The van der Waals surface area contributed by atoms with Gasteiger partial charge in [-0.25, -0.2) is 0 Å². The number of ether oxygens (including phenoxy) is 1. The quantitative estimate of drug-likeness (QED) is 0.199. The highest BCUT2D eigenvalue weighted by Crippen LogP contribution is 2.24. The molecule has 3 amide bonds. The maximum atomic E-state index is 12.3. The summed E-state index contributed by atoms with van der Waals surface area (Å²) in [7, 11) is 3.38. The van der Waals surface area contributed by atoms with E-state index in [9.17, 15) is 14.4 Å². The van der Waals surface area contributed by atoms with Crippen LogP contribution in [0.3, 0.4) is 0 Å². The van der Waals surface area contributed by atoms with E-state index in [0.717, 1.165) is 17.9 Å². The smallest absolute Gasteiger partial charge is 0.225 e. The Balaban J connectivity index is 3.88. The molecule has 0 aromatic carbocycles. The monoisotopic (exact) mass is 491 g/mol. The standard InChI is InChI=1S/C23H45N3O4S2/c1-8-24-19(27)10-9-16-31-32-17-11-20(28)25-14-12-23(6,7)30-15-13-22(4,5)21(29)26-18(2)3/h18H,8-17H2,1-7H3,(H,24,27)(H,25,28)(H,26,29). The van der Waals surface area contributed by atoms with E-state index in [1.54, 1.807) is 21.6 Å². The van der Waals surface area contributed by atoms with Crippen molar-refractivity contribution in [2.24, 2.45) is 5.41 Å². The van der Waals surface area contributed by atoms with Gasteiger partial charge in [0, 0.05) is 55.5 Å². The van der Waals surface area contributed by atoms with Crippen molar-refractivity contribution in [3.05, 3.63) is 0 Å². The maximum Gasteiger partial charge on any atom is 0.225 e. The second-order valence-electron chi connectivity index (χ2n) is 9.42. The van der Waals surface area contributed by atoms with E-state index < -0.39 is 5.41 Å². The maximum absolute atomic E-state index is 12.3. The van der Waals surface area contributed by atoms with Gasteiger partial charge in [0.2, 0.25) is 17.7 Å². The summed E-state index contributed by atoms with van der Waals surface area (Å²) in [5, 5.41) is 8.70. The second kappa shape index (κ2) is 16.6. The lowest BCUT2D eigenvalue weighted by Gasteiger charge is -2.29. The van der Waals surface area contributed by atoms with Gasteiger partial charge in [0.25, 0.3) is 0 Å². The molecular formula is C23H45N3O4S2. The molecule has 0 fully saturated rings. The molecule has 32 heavy (non-hydrogen) atoms. The molecule has 0 atom stereocenters. The van der Waals surface area contributed by atoms with E-state index >= 15 is 0 Å². The zero-order valence-electron chi connectivity index (χ0n) is 21.1. The summed E-state index contributed by atoms with van der Waals surface area (Å²) >= 11 is 0. The zero-order valence-corrected chi connectivity index (χ0v) is 22.7. The molecule has 0 heterocycles. The van der Waals surface area contributed by atoms with Crippen LogP contribution in [-0.2, 0) is 19.1 Å². The number of hydrogen-bond donors (Lipinski definition) is 3. The fourth-order valence-corrected chi connectivity index (χ4v) is 4.72.